The quantitative estimate of drug-likeness (QED) is 0.700. The van der Waals surface area contributed by atoms with Crippen molar-refractivity contribution >= 4 is 12.6 Å². The van der Waals surface area contributed by atoms with E-state index >= 15 is 0 Å². The van der Waals surface area contributed by atoms with E-state index in [-0.39, 0.29) is 0 Å². The average Bonchev–Trinajstić information content (AvgIpc) is 2.11. The second kappa shape index (κ2) is 4.71. The molecular formula is C12H18S. The van der Waals surface area contributed by atoms with Gasteiger partial charge in [-0.3, -0.25) is 0 Å². The van der Waals surface area contributed by atoms with E-state index < -0.39 is 0 Å². The number of benzene rings is 1. The Kier molecular flexibility index (Phi) is 3.86. The number of hydrogen-bond acceptors (Lipinski definition) is 1. The normalized spacial score (nSPS) is 12.9. The topological polar surface area (TPSA) is 0 Å². The van der Waals surface area contributed by atoms with Crippen molar-refractivity contribution in [1.82, 2.24) is 0 Å². The van der Waals surface area contributed by atoms with Gasteiger partial charge in [0.05, 0.1) is 0 Å². The summed E-state index contributed by atoms with van der Waals surface area (Å²) in [6.45, 7) is 6.56. The number of hydrogen-bond donors (Lipinski definition) is 1. The Morgan fingerprint density at radius 2 is 1.92 bits per heavy atom. The van der Waals surface area contributed by atoms with Gasteiger partial charge in [-0.15, -0.1) is 0 Å². The molecule has 13 heavy (non-hydrogen) atoms. The zero-order chi connectivity index (χ0) is 9.84. The predicted octanol–water partition coefficient (Wildman–Crippen LogP) is 3.41. The fourth-order valence-electron chi connectivity index (χ4n) is 1.40. The minimum atomic E-state index is 0.672. The van der Waals surface area contributed by atoms with Crippen molar-refractivity contribution in [2.24, 2.45) is 5.92 Å². The molecule has 1 aromatic carbocycles. The molecule has 72 valence electrons. The fourth-order valence-corrected chi connectivity index (χ4v) is 1.53. The molecule has 0 aliphatic carbocycles. The third-order valence-electron chi connectivity index (χ3n) is 2.47. The Morgan fingerprint density at radius 1 is 1.23 bits per heavy atom. The van der Waals surface area contributed by atoms with Crippen LogP contribution in [0.3, 0.4) is 0 Å². The third kappa shape index (κ3) is 3.07. The number of rotatable bonds is 3. The van der Waals surface area contributed by atoms with Crippen LogP contribution < -0.4 is 0 Å². The molecule has 1 heteroatoms. The van der Waals surface area contributed by atoms with E-state index in [0.717, 1.165) is 12.2 Å². The van der Waals surface area contributed by atoms with Crippen LogP contribution in [0.15, 0.2) is 18.2 Å². The summed E-state index contributed by atoms with van der Waals surface area (Å²) in [6.07, 6.45) is 1.14. The van der Waals surface area contributed by atoms with E-state index in [4.69, 9.17) is 0 Å². The molecule has 0 amide bonds. The lowest BCUT2D eigenvalue weighted by Gasteiger charge is -2.09. The molecule has 0 aliphatic rings. The average molecular weight is 194 g/mol. The van der Waals surface area contributed by atoms with Gasteiger partial charge in [0.1, 0.15) is 0 Å². The molecule has 0 N–H and O–H groups in total. The molecule has 0 bridgehead atoms. The molecular weight excluding hydrogens is 176 g/mol. The van der Waals surface area contributed by atoms with Crippen LogP contribution in [0.5, 0.6) is 0 Å². The first-order valence-electron chi connectivity index (χ1n) is 4.80. The summed E-state index contributed by atoms with van der Waals surface area (Å²) in [7, 11) is 0. The summed E-state index contributed by atoms with van der Waals surface area (Å²) >= 11 is 4.29. The zero-order valence-electron chi connectivity index (χ0n) is 8.67. The first-order chi connectivity index (χ1) is 6.13. The molecule has 0 aliphatic heterocycles. The van der Waals surface area contributed by atoms with Crippen LogP contribution in [0.25, 0.3) is 0 Å². The van der Waals surface area contributed by atoms with Crippen molar-refractivity contribution in [1.29, 1.82) is 0 Å². The van der Waals surface area contributed by atoms with Crippen LogP contribution in [-0.4, -0.2) is 5.75 Å². The standard InChI is InChI=1S/C12H18S/c1-9(8-13)6-12-5-4-10(2)11(3)7-12/h4-5,7,9,13H,6,8H2,1-3H3. The fraction of sp³-hybridized carbons (Fsp3) is 0.500. The monoisotopic (exact) mass is 194 g/mol. The summed E-state index contributed by atoms with van der Waals surface area (Å²) in [5.41, 5.74) is 4.20. The van der Waals surface area contributed by atoms with Gasteiger partial charge in [-0.05, 0) is 48.6 Å². The van der Waals surface area contributed by atoms with Crippen molar-refractivity contribution in [2.75, 3.05) is 5.75 Å². The van der Waals surface area contributed by atoms with Gasteiger partial charge in [0.2, 0.25) is 0 Å². The van der Waals surface area contributed by atoms with Gasteiger partial charge in [-0.25, -0.2) is 0 Å². The minimum absolute atomic E-state index is 0.672. The summed E-state index contributed by atoms with van der Waals surface area (Å²) in [5, 5.41) is 0. The van der Waals surface area contributed by atoms with Gasteiger partial charge in [0, 0.05) is 0 Å². The molecule has 1 aromatic rings. The molecule has 0 fully saturated rings. The van der Waals surface area contributed by atoms with Crippen LogP contribution in [0.1, 0.15) is 23.6 Å². The van der Waals surface area contributed by atoms with Gasteiger partial charge < -0.3 is 0 Å². The van der Waals surface area contributed by atoms with Crippen molar-refractivity contribution in [3.8, 4) is 0 Å². The van der Waals surface area contributed by atoms with Crippen molar-refractivity contribution < 1.29 is 0 Å². The number of aryl methyl sites for hydroxylation is 2. The lowest BCUT2D eigenvalue weighted by Crippen LogP contribution is -2.01. The van der Waals surface area contributed by atoms with Crippen molar-refractivity contribution in [2.45, 2.75) is 27.2 Å². The van der Waals surface area contributed by atoms with E-state index in [0.29, 0.717) is 5.92 Å². The SMILES string of the molecule is Cc1ccc(CC(C)CS)cc1C. The van der Waals surface area contributed by atoms with E-state index in [1.54, 1.807) is 0 Å². The molecule has 1 unspecified atom stereocenters. The highest BCUT2D eigenvalue weighted by atomic mass is 32.1. The van der Waals surface area contributed by atoms with Crippen LogP contribution in [0, 0.1) is 19.8 Å². The highest BCUT2D eigenvalue weighted by Gasteiger charge is 2.02. The predicted molar refractivity (Wildman–Crippen MR) is 62.6 cm³/mol. The maximum Gasteiger partial charge on any atom is -0.00690 e. The van der Waals surface area contributed by atoms with Crippen LogP contribution >= 0.6 is 12.6 Å². The lowest BCUT2D eigenvalue weighted by atomic mass is 9.99. The van der Waals surface area contributed by atoms with Gasteiger partial charge in [0.15, 0.2) is 0 Å². The Bertz CT molecular complexity index is 278. The molecule has 0 heterocycles. The molecule has 0 spiro atoms. The van der Waals surface area contributed by atoms with Crippen LogP contribution in [-0.2, 0) is 6.42 Å². The summed E-state index contributed by atoms with van der Waals surface area (Å²) in [4.78, 5) is 0. The highest BCUT2D eigenvalue weighted by molar-refractivity contribution is 7.80. The molecule has 0 nitrogen and oxygen atoms in total. The molecule has 0 aromatic heterocycles. The Hall–Kier alpha value is -0.430. The van der Waals surface area contributed by atoms with E-state index in [1.807, 2.05) is 0 Å². The van der Waals surface area contributed by atoms with Crippen LogP contribution in [0.2, 0.25) is 0 Å². The zero-order valence-corrected chi connectivity index (χ0v) is 9.57. The molecule has 0 radical (unpaired) electrons. The Balaban J connectivity index is 2.73. The second-order valence-electron chi connectivity index (χ2n) is 3.91. The van der Waals surface area contributed by atoms with Crippen LogP contribution in [0.4, 0.5) is 0 Å². The third-order valence-corrected chi connectivity index (χ3v) is 3.09. The Labute approximate surface area is 86.8 Å². The highest BCUT2D eigenvalue weighted by Crippen LogP contribution is 2.14. The largest absolute Gasteiger partial charge is 0.179 e. The van der Waals surface area contributed by atoms with Gasteiger partial charge in [-0.1, -0.05) is 25.1 Å². The van der Waals surface area contributed by atoms with E-state index in [9.17, 15) is 0 Å². The summed E-state index contributed by atoms with van der Waals surface area (Å²) in [5.74, 6) is 1.64. The molecule has 1 rings (SSSR count). The first-order valence-corrected chi connectivity index (χ1v) is 5.43. The molecule has 1 atom stereocenters. The van der Waals surface area contributed by atoms with E-state index in [1.165, 1.54) is 16.7 Å². The van der Waals surface area contributed by atoms with Gasteiger partial charge >= 0.3 is 0 Å². The smallest absolute Gasteiger partial charge is 0.00690 e. The minimum Gasteiger partial charge on any atom is -0.179 e. The van der Waals surface area contributed by atoms with Gasteiger partial charge in [0.25, 0.3) is 0 Å². The van der Waals surface area contributed by atoms with Crippen molar-refractivity contribution in [3.05, 3.63) is 34.9 Å². The second-order valence-corrected chi connectivity index (χ2v) is 4.28. The lowest BCUT2D eigenvalue weighted by molar-refractivity contribution is 0.660. The van der Waals surface area contributed by atoms with E-state index in [2.05, 4.69) is 51.6 Å². The van der Waals surface area contributed by atoms with Crippen molar-refractivity contribution in [3.63, 3.8) is 0 Å². The number of thiol groups is 1. The molecule has 0 saturated carbocycles. The summed E-state index contributed by atoms with van der Waals surface area (Å²) in [6, 6.07) is 6.72. The first kappa shape index (κ1) is 10.6. The molecule has 0 saturated heterocycles. The Morgan fingerprint density at radius 3 is 2.46 bits per heavy atom. The maximum absolute atomic E-state index is 4.29. The maximum atomic E-state index is 4.29. The summed E-state index contributed by atoms with van der Waals surface area (Å²) < 4.78 is 0. The van der Waals surface area contributed by atoms with Gasteiger partial charge in [-0.2, -0.15) is 12.6 Å².